The minimum absolute atomic E-state index is 0.0308. The summed E-state index contributed by atoms with van der Waals surface area (Å²) in [5, 5.41) is 6.28. The van der Waals surface area contributed by atoms with E-state index < -0.39 is 0 Å². The summed E-state index contributed by atoms with van der Waals surface area (Å²) in [6.07, 6.45) is 5.18. The van der Waals surface area contributed by atoms with Gasteiger partial charge in [-0.3, -0.25) is 14.6 Å². The summed E-state index contributed by atoms with van der Waals surface area (Å²) >= 11 is 9.78. The fourth-order valence-corrected chi connectivity index (χ4v) is 4.38. The summed E-state index contributed by atoms with van der Waals surface area (Å²) in [5.41, 5.74) is 1.80. The first-order valence-corrected chi connectivity index (χ1v) is 10.9. The van der Waals surface area contributed by atoms with Gasteiger partial charge in [-0.1, -0.05) is 23.7 Å². The van der Waals surface area contributed by atoms with Crippen LogP contribution in [0.15, 0.2) is 41.1 Å². The third-order valence-corrected chi connectivity index (χ3v) is 5.83. The average molecular weight is 496 g/mol. The molecule has 2 aromatic rings. The Labute approximate surface area is 189 Å². The van der Waals surface area contributed by atoms with E-state index in [0.29, 0.717) is 5.02 Å². The number of nitrogens with zero attached hydrogens (tertiary/aromatic N) is 2. The Hall–Kier alpha value is -2.32. The van der Waals surface area contributed by atoms with Crippen molar-refractivity contribution in [2.45, 2.75) is 25.3 Å². The van der Waals surface area contributed by atoms with E-state index in [0.717, 1.165) is 47.4 Å². The average Bonchev–Trinajstić information content (AvgIpc) is 2.74. The van der Waals surface area contributed by atoms with Gasteiger partial charge in [0.05, 0.1) is 35.3 Å². The molecule has 0 aliphatic carbocycles. The number of rotatable bonds is 7. The predicted octanol–water partition coefficient (Wildman–Crippen LogP) is 2.95. The van der Waals surface area contributed by atoms with Crippen LogP contribution in [0.3, 0.4) is 0 Å². The van der Waals surface area contributed by atoms with Gasteiger partial charge in [0, 0.05) is 31.5 Å². The van der Waals surface area contributed by atoms with E-state index >= 15 is 0 Å². The molecule has 0 unspecified atom stereocenters. The van der Waals surface area contributed by atoms with Crippen molar-refractivity contribution < 1.29 is 14.3 Å². The van der Waals surface area contributed by atoms with Crippen LogP contribution in [0, 0.1) is 0 Å². The summed E-state index contributed by atoms with van der Waals surface area (Å²) in [6, 6.07) is 7.35. The second-order valence-corrected chi connectivity index (χ2v) is 8.34. The number of benzene rings is 1. The number of anilines is 1. The first-order chi connectivity index (χ1) is 14.5. The van der Waals surface area contributed by atoms with E-state index in [1.54, 1.807) is 31.6 Å². The molecule has 1 aromatic heterocycles. The molecular formula is C21H24BrClN4O3. The SMILES string of the molecule is COc1ccc(CC(=O)NCC(=O)NC2CCN(c3c(Cl)cncc3Br)CC2)cc1. The summed E-state index contributed by atoms with van der Waals surface area (Å²) in [7, 11) is 1.59. The van der Waals surface area contributed by atoms with Crippen molar-refractivity contribution in [3.63, 3.8) is 0 Å². The molecule has 30 heavy (non-hydrogen) atoms. The van der Waals surface area contributed by atoms with E-state index in [-0.39, 0.29) is 30.8 Å². The van der Waals surface area contributed by atoms with Crippen LogP contribution < -0.4 is 20.3 Å². The van der Waals surface area contributed by atoms with Gasteiger partial charge >= 0.3 is 0 Å². The summed E-state index contributed by atoms with van der Waals surface area (Å²) < 4.78 is 5.96. The molecule has 9 heteroatoms. The maximum absolute atomic E-state index is 12.2. The molecule has 1 saturated heterocycles. The van der Waals surface area contributed by atoms with E-state index in [9.17, 15) is 9.59 Å². The second kappa shape index (κ2) is 10.6. The van der Waals surface area contributed by atoms with Crippen molar-refractivity contribution in [3.8, 4) is 5.75 Å². The van der Waals surface area contributed by atoms with Gasteiger partial charge in [0.15, 0.2) is 0 Å². The first kappa shape index (κ1) is 22.4. The Morgan fingerprint density at radius 2 is 1.90 bits per heavy atom. The van der Waals surface area contributed by atoms with Crippen molar-refractivity contribution in [2.75, 3.05) is 31.6 Å². The van der Waals surface area contributed by atoms with E-state index in [1.807, 2.05) is 12.1 Å². The largest absolute Gasteiger partial charge is 0.497 e. The highest BCUT2D eigenvalue weighted by Crippen LogP contribution is 2.34. The van der Waals surface area contributed by atoms with Crippen molar-refractivity contribution in [1.29, 1.82) is 0 Å². The van der Waals surface area contributed by atoms with Crippen molar-refractivity contribution in [3.05, 3.63) is 51.7 Å². The summed E-state index contributed by atoms with van der Waals surface area (Å²) in [4.78, 5) is 30.5. The number of amides is 2. The standard InChI is InChI=1S/C21H24BrClN4O3/c1-30-16-4-2-14(3-5-16)10-19(28)25-13-20(29)26-15-6-8-27(9-7-15)21-17(22)11-24-12-18(21)23/h2-5,11-12,15H,6-10,13H2,1H3,(H,25,28)(H,26,29). The third-order valence-electron chi connectivity index (χ3n) is 4.97. The molecule has 2 heterocycles. The summed E-state index contributed by atoms with van der Waals surface area (Å²) in [6.45, 7) is 1.52. The number of carbonyl (C=O) groups is 2. The van der Waals surface area contributed by atoms with Gasteiger partial charge in [-0.25, -0.2) is 0 Å². The molecule has 3 rings (SSSR count). The van der Waals surface area contributed by atoms with Gasteiger partial charge in [-0.15, -0.1) is 0 Å². The van der Waals surface area contributed by atoms with Crippen LogP contribution in [-0.4, -0.2) is 49.6 Å². The Morgan fingerprint density at radius 1 is 1.20 bits per heavy atom. The van der Waals surface area contributed by atoms with Crippen LogP contribution in [0.1, 0.15) is 18.4 Å². The maximum Gasteiger partial charge on any atom is 0.239 e. The highest BCUT2D eigenvalue weighted by atomic mass is 79.9. The lowest BCUT2D eigenvalue weighted by molar-refractivity contribution is -0.126. The van der Waals surface area contributed by atoms with Crippen LogP contribution in [0.4, 0.5) is 5.69 Å². The molecule has 1 fully saturated rings. The fraction of sp³-hybridized carbons (Fsp3) is 0.381. The van der Waals surface area contributed by atoms with Crippen LogP contribution in [0.2, 0.25) is 5.02 Å². The number of hydrogen-bond donors (Lipinski definition) is 2. The number of pyridine rings is 1. The number of aromatic nitrogens is 1. The molecule has 0 atom stereocenters. The molecule has 2 N–H and O–H groups in total. The second-order valence-electron chi connectivity index (χ2n) is 7.08. The molecule has 160 valence electrons. The lowest BCUT2D eigenvalue weighted by Gasteiger charge is -2.34. The lowest BCUT2D eigenvalue weighted by atomic mass is 10.0. The normalized spacial score (nSPS) is 14.3. The molecule has 1 aliphatic heterocycles. The Morgan fingerprint density at radius 3 is 2.53 bits per heavy atom. The molecule has 0 saturated carbocycles. The molecule has 1 aromatic carbocycles. The van der Waals surface area contributed by atoms with E-state index in [1.165, 1.54) is 0 Å². The van der Waals surface area contributed by atoms with Crippen molar-refractivity contribution >= 4 is 45.0 Å². The highest BCUT2D eigenvalue weighted by molar-refractivity contribution is 9.10. The van der Waals surface area contributed by atoms with E-state index in [4.69, 9.17) is 16.3 Å². The Balaban J connectivity index is 1.40. The van der Waals surface area contributed by atoms with Gasteiger partial charge < -0.3 is 20.3 Å². The number of piperidine rings is 1. The smallest absolute Gasteiger partial charge is 0.239 e. The summed E-state index contributed by atoms with van der Waals surface area (Å²) in [5.74, 6) is 0.366. The molecule has 2 amide bonds. The zero-order chi connectivity index (χ0) is 21.5. The minimum Gasteiger partial charge on any atom is -0.497 e. The monoisotopic (exact) mass is 494 g/mol. The Bertz CT molecular complexity index is 866. The van der Waals surface area contributed by atoms with Gasteiger partial charge in [0.1, 0.15) is 5.75 Å². The highest BCUT2D eigenvalue weighted by Gasteiger charge is 2.23. The molecule has 0 spiro atoms. The van der Waals surface area contributed by atoms with Crippen LogP contribution in [0.5, 0.6) is 5.75 Å². The lowest BCUT2D eigenvalue weighted by Crippen LogP contribution is -2.47. The molecule has 0 radical (unpaired) electrons. The number of hydrogen-bond acceptors (Lipinski definition) is 5. The van der Waals surface area contributed by atoms with Crippen molar-refractivity contribution in [1.82, 2.24) is 15.6 Å². The molecular weight excluding hydrogens is 472 g/mol. The number of methoxy groups -OCH3 is 1. The Kier molecular flexibility index (Phi) is 7.93. The van der Waals surface area contributed by atoms with Crippen LogP contribution >= 0.6 is 27.5 Å². The minimum atomic E-state index is -0.192. The number of halogens is 2. The van der Waals surface area contributed by atoms with Gasteiger partial charge in [0.25, 0.3) is 0 Å². The maximum atomic E-state index is 12.2. The topological polar surface area (TPSA) is 83.6 Å². The molecule has 7 nitrogen and oxygen atoms in total. The third kappa shape index (κ3) is 6.09. The van der Waals surface area contributed by atoms with Crippen LogP contribution in [-0.2, 0) is 16.0 Å². The molecule has 1 aliphatic rings. The van der Waals surface area contributed by atoms with E-state index in [2.05, 4.69) is 36.4 Å². The van der Waals surface area contributed by atoms with Gasteiger partial charge in [-0.2, -0.15) is 0 Å². The van der Waals surface area contributed by atoms with Gasteiger partial charge in [0.2, 0.25) is 11.8 Å². The number of ether oxygens (including phenoxy) is 1. The molecule has 0 bridgehead atoms. The fourth-order valence-electron chi connectivity index (χ4n) is 3.40. The van der Waals surface area contributed by atoms with Crippen LogP contribution in [0.25, 0.3) is 0 Å². The van der Waals surface area contributed by atoms with Crippen molar-refractivity contribution in [2.24, 2.45) is 0 Å². The zero-order valence-electron chi connectivity index (χ0n) is 16.7. The zero-order valence-corrected chi connectivity index (χ0v) is 19.0. The number of carbonyl (C=O) groups excluding carboxylic acids is 2. The quantitative estimate of drug-likeness (QED) is 0.617. The number of nitrogens with one attached hydrogen (secondary N) is 2. The van der Waals surface area contributed by atoms with Gasteiger partial charge in [-0.05, 0) is 46.5 Å². The predicted molar refractivity (Wildman–Crippen MR) is 120 cm³/mol. The first-order valence-electron chi connectivity index (χ1n) is 9.69.